The lowest BCUT2D eigenvalue weighted by atomic mass is 10.1. The van der Waals surface area contributed by atoms with E-state index in [0.29, 0.717) is 0 Å². The lowest BCUT2D eigenvalue weighted by Gasteiger charge is -2.06. The molecule has 1 aromatic rings. The number of benzene rings is 1. The van der Waals surface area contributed by atoms with Crippen LogP contribution in [-0.4, -0.2) is 24.8 Å². The second-order valence-electron chi connectivity index (χ2n) is 3.04. The topological polar surface area (TPSA) is 15.6 Å². The summed E-state index contributed by atoms with van der Waals surface area (Å²) in [6.07, 6.45) is 0. The van der Waals surface area contributed by atoms with Crippen molar-refractivity contribution in [3.8, 4) is 0 Å². The summed E-state index contributed by atoms with van der Waals surface area (Å²) in [5, 5.41) is 5.93. The molecule has 1 rings (SSSR count). The smallest absolute Gasteiger partial charge is 0.123 e. The van der Waals surface area contributed by atoms with E-state index in [1.54, 1.807) is 17.1 Å². The van der Waals surface area contributed by atoms with E-state index < -0.39 is 0 Å². The van der Waals surface area contributed by atoms with E-state index in [1.807, 2.05) is 21.0 Å². The van der Waals surface area contributed by atoms with Gasteiger partial charge in [-0.2, -0.15) is 5.10 Å². The fourth-order valence-electron chi connectivity index (χ4n) is 1.05. The van der Waals surface area contributed by atoms with Crippen LogP contribution in [-0.2, 0) is 0 Å². The molecule has 3 heteroatoms. The minimum Gasteiger partial charge on any atom is -0.303 e. The van der Waals surface area contributed by atoms with Crippen LogP contribution in [0.25, 0.3) is 0 Å². The second kappa shape index (κ2) is 4.03. The number of rotatable bonds is 2. The van der Waals surface area contributed by atoms with Crippen LogP contribution in [0.5, 0.6) is 0 Å². The molecule has 0 heterocycles. The molecular formula is C10H13FN2. The largest absolute Gasteiger partial charge is 0.303 e. The van der Waals surface area contributed by atoms with Gasteiger partial charge in [-0.05, 0) is 24.6 Å². The van der Waals surface area contributed by atoms with Gasteiger partial charge in [-0.25, -0.2) is 4.39 Å². The Morgan fingerprint density at radius 2 is 1.77 bits per heavy atom. The highest BCUT2D eigenvalue weighted by Gasteiger charge is 1.97. The van der Waals surface area contributed by atoms with Crippen molar-refractivity contribution in [2.45, 2.75) is 6.92 Å². The first kappa shape index (κ1) is 9.71. The summed E-state index contributed by atoms with van der Waals surface area (Å²) in [7, 11) is 3.71. The van der Waals surface area contributed by atoms with E-state index in [9.17, 15) is 4.39 Å². The lowest BCUT2D eigenvalue weighted by Crippen LogP contribution is -2.07. The first-order valence-corrected chi connectivity index (χ1v) is 4.08. The summed E-state index contributed by atoms with van der Waals surface area (Å²) in [6.45, 7) is 1.90. The van der Waals surface area contributed by atoms with E-state index >= 15 is 0 Å². The fourth-order valence-corrected chi connectivity index (χ4v) is 1.05. The van der Waals surface area contributed by atoms with Crippen LogP contribution in [0.4, 0.5) is 4.39 Å². The molecule has 0 saturated heterocycles. The summed E-state index contributed by atoms with van der Waals surface area (Å²) in [5.41, 5.74) is 1.82. The molecule has 70 valence electrons. The molecule has 0 fully saturated rings. The lowest BCUT2D eigenvalue weighted by molar-refractivity contribution is 0.438. The predicted octanol–water partition coefficient (Wildman–Crippen LogP) is 2.11. The second-order valence-corrected chi connectivity index (χ2v) is 3.04. The number of halogens is 1. The predicted molar refractivity (Wildman–Crippen MR) is 52.3 cm³/mol. The molecule has 0 aliphatic carbocycles. The van der Waals surface area contributed by atoms with Crippen LogP contribution in [0.15, 0.2) is 29.4 Å². The van der Waals surface area contributed by atoms with Crippen molar-refractivity contribution in [1.82, 2.24) is 5.01 Å². The van der Waals surface area contributed by atoms with E-state index in [0.717, 1.165) is 11.3 Å². The highest BCUT2D eigenvalue weighted by Crippen LogP contribution is 2.04. The normalized spacial score (nSPS) is 11.5. The van der Waals surface area contributed by atoms with Gasteiger partial charge in [0.1, 0.15) is 5.82 Å². The van der Waals surface area contributed by atoms with Gasteiger partial charge in [0, 0.05) is 14.1 Å². The Morgan fingerprint density at radius 1 is 1.23 bits per heavy atom. The van der Waals surface area contributed by atoms with Gasteiger partial charge in [0.2, 0.25) is 0 Å². The average molecular weight is 180 g/mol. The summed E-state index contributed by atoms with van der Waals surface area (Å²) < 4.78 is 12.6. The van der Waals surface area contributed by atoms with Crippen LogP contribution in [0, 0.1) is 5.82 Å². The molecule has 0 N–H and O–H groups in total. The van der Waals surface area contributed by atoms with E-state index in [-0.39, 0.29) is 5.82 Å². The summed E-state index contributed by atoms with van der Waals surface area (Å²) in [6, 6.07) is 6.31. The number of hydrazone groups is 1. The average Bonchev–Trinajstić information content (AvgIpc) is 2.04. The Bertz CT molecular complexity index is 301. The Kier molecular flexibility index (Phi) is 3.01. The van der Waals surface area contributed by atoms with Crippen molar-refractivity contribution >= 4 is 5.71 Å². The highest BCUT2D eigenvalue weighted by molar-refractivity contribution is 5.98. The highest BCUT2D eigenvalue weighted by atomic mass is 19.1. The monoisotopic (exact) mass is 180 g/mol. The third kappa shape index (κ3) is 2.86. The van der Waals surface area contributed by atoms with Gasteiger partial charge in [0.15, 0.2) is 0 Å². The number of hydrogen-bond acceptors (Lipinski definition) is 2. The molecular weight excluding hydrogens is 167 g/mol. The van der Waals surface area contributed by atoms with Crippen molar-refractivity contribution in [2.24, 2.45) is 5.10 Å². The Balaban J connectivity index is 2.89. The first-order valence-electron chi connectivity index (χ1n) is 4.08. The van der Waals surface area contributed by atoms with Gasteiger partial charge in [-0.3, -0.25) is 0 Å². The Hall–Kier alpha value is -1.38. The fraction of sp³-hybridized carbons (Fsp3) is 0.300. The Morgan fingerprint density at radius 3 is 2.23 bits per heavy atom. The van der Waals surface area contributed by atoms with Crippen molar-refractivity contribution in [2.75, 3.05) is 14.1 Å². The van der Waals surface area contributed by atoms with Gasteiger partial charge < -0.3 is 5.01 Å². The SMILES string of the molecule is C/C(=N\N(C)C)c1ccc(F)cc1. The van der Waals surface area contributed by atoms with E-state index in [2.05, 4.69) is 5.10 Å². The molecule has 0 radical (unpaired) electrons. The standard InChI is InChI=1S/C10H13FN2/c1-8(12-13(2)3)9-4-6-10(11)7-5-9/h4-7H,1-3H3/b12-8+. The maximum absolute atomic E-state index is 12.6. The molecule has 0 unspecified atom stereocenters. The van der Waals surface area contributed by atoms with Crippen molar-refractivity contribution < 1.29 is 4.39 Å². The van der Waals surface area contributed by atoms with Gasteiger partial charge in [-0.1, -0.05) is 12.1 Å². The summed E-state index contributed by atoms with van der Waals surface area (Å²) >= 11 is 0. The van der Waals surface area contributed by atoms with Gasteiger partial charge >= 0.3 is 0 Å². The van der Waals surface area contributed by atoms with Crippen LogP contribution < -0.4 is 0 Å². The first-order chi connectivity index (χ1) is 6.09. The van der Waals surface area contributed by atoms with Crippen LogP contribution in [0.1, 0.15) is 12.5 Å². The zero-order chi connectivity index (χ0) is 9.84. The Labute approximate surface area is 77.7 Å². The minimum atomic E-state index is -0.221. The summed E-state index contributed by atoms with van der Waals surface area (Å²) in [4.78, 5) is 0. The van der Waals surface area contributed by atoms with E-state index in [1.165, 1.54) is 12.1 Å². The van der Waals surface area contributed by atoms with Gasteiger partial charge in [-0.15, -0.1) is 0 Å². The molecule has 0 aliphatic rings. The maximum Gasteiger partial charge on any atom is 0.123 e. The van der Waals surface area contributed by atoms with Gasteiger partial charge in [0.25, 0.3) is 0 Å². The van der Waals surface area contributed by atoms with Crippen molar-refractivity contribution in [3.05, 3.63) is 35.6 Å². The molecule has 0 aromatic heterocycles. The molecule has 0 spiro atoms. The molecule has 13 heavy (non-hydrogen) atoms. The van der Waals surface area contributed by atoms with Crippen LogP contribution in [0.3, 0.4) is 0 Å². The molecule has 0 saturated carbocycles. The molecule has 0 bridgehead atoms. The minimum absolute atomic E-state index is 0.221. The van der Waals surface area contributed by atoms with Crippen molar-refractivity contribution in [1.29, 1.82) is 0 Å². The third-order valence-electron chi connectivity index (χ3n) is 1.61. The van der Waals surface area contributed by atoms with E-state index in [4.69, 9.17) is 0 Å². The zero-order valence-corrected chi connectivity index (χ0v) is 8.08. The molecule has 0 amide bonds. The van der Waals surface area contributed by atoms with Gasteiger partial charge in [0.05, 0.1) is 5.71 Å². The van der Waals surface area contributed by atoms with Crippen LogP contribution >= 0.6 is 0 Å². The quantitative estimate of drug-likeness (QED) is 0.502. The molecule has 0 aliphatic heterocycles. The number of nitrogens with zero attached hydrogens (tertiary/aromatic N) is 2. The zero-order valence-electron chi connectivity index (χ0n) is 8.08. The summed E-state index contributed by atoms with van der Waals surface area (Å²) in [5.74, 6) is -0.221. The molecule has 0 atom stereocenters. The third-order valence-corrected chi connectivity index (χ3v) is 1.61. The maximum atomic E-state index is 12.6. The molecule has 2 nitrogen and oxygen atoms in total. The molecule has 1 aromatic carbocycles. The van der Waals surface area contributed by atoms with Crippen LogP contribution in [0.2, 0.25) is 0 Å². The van der Waals surface area contributed by atoms with Crippen molar-refractivity contribution in [3.63, 3.8) is 0 Å². The number of hydrogen-bond donors (Lipinski definition) is 0.